The van der Waals surface area contributed by atoms with Crippen LogP contribution in [0, 0.1) is 17.8 Å². The summed E-state index contributed by atoms with van der Waals surface area (Å²) < 4.78 is 4.72. The fraction of sp³-hybridized carbons (Fsp3) is 0.538. The van der Waals surface area contributed by atoms with Crippen molar-refractivity contribution in [2.45, 2.75) is 26.7 Å². The first-order chi connectivity index (χ1) is 7.63. The maximum Gasteiger partial charge on any atom is 0.318 e. The van der Waals surface area contributed by atoms with Crippen molar-refractivity contribution in [2.24, 2.45) is 17.8 Å². The zero-order chi connectivity index (χ0) is 11.7. The molecule has 2 rings (SSSR count). The summed E-state index contributed by atoms with van der Waals surface area (Å²) in [6.45, 7) is 4.02. The van der Waals surface area contributed by atoms with Crippen molar-refractivity contribution < 1.29 is 14.3 Å². The fourth-order valence-corrected chi connectivity index (χ4v) is 2.47. The van der Waals surface area contributed by atoms with Crippen molar-refractivity contribution in [1.29, 1.82) is 0 Å². The average molecular weight is 220 g/mol. The third-order valence-corrected chi connectivity index (χ3v) is 3.49. The van der Waals surface area contributed by atoms with Crippen LogP contribution in [-0.4, -0.2) is 11.9 Å². The molecule has 86 valence electrons. The number of hydrogen-bond donors (Lipinski definition) is 0. The van der Waals surface area contributed by atoms with Gasteiger partial charge in [-0.25, -0.2) is 0 Å². The number of carbonyl (C=O) groups excluding carboxylic acids is 2. The molecule has 0 spiro atoms. The van der Waals surface area contributed by atoms with Gasteiger partial charge in [0.1, 0.15) is 0 Å². The summed E-state index contributed by atoms with van der Waals surface area (Å²) in [7, 11) is 0. The topological polar surface area (TPSA) is 43.4 Å². The fourth-order valence-electron chi connectivity index (χ4n) is 2.47. The van der Waals surface area contributed by atoms with Gasteiger partial charge in [0.25, 0.3) is 0 Å². The lowest BCUT2D eigenvalue weighted by molar-refractivity contribution is -0.154. The number of esters is 2. The Bertz CT molecular complexity index is 379. The molecule has 3 nitrogen and oxygen atoms in total. The minimum atomic E-state index is -0.345. The van der Waals surface area contributed by atoms with Crippen molar-refractivity contribution >= 4 is 11.9 Å². The summed E-state index contributed by atoms with van der Waals surface area (Å²) in [6.07, 6.45) is 7.55. The van der Waals surface area contributed by atoms with Crippen LogP contribution in [0.15, 0.2) is 23.8 Å². The van der Waals surface area contributed by atoms with Gasteiger partial charge in [-0.2, -0.15) is 0 Å². The van der Waals surface area contributed by atoms with Crippen LogP contribution in [0.3, 0.4) is 0 Å². The monoisotopic (exact) mass is 220 g/mol. The smallest absolute Gasteiger partial charge is 0.318 e. The largest absolute Gasteiger partial charge is 0.393 e. The maximum absolute atomic E-state index is 11.6. The van der Waals surface area contributed by atoms with Crippen LogP contribution in [0.1, 0.15) is 26.7 Å². The molecule has 0 aromatic rings. The molecule has 3 heteroatoms. The predicted octanol–water partition coefficient (Wildman–Crippen LogP) is 2.23. The van der Waals surface area contributed by atoms with Gasteiger partial charge in [-0.1, -0.05) is 23.8 Å². The van der Waals surface area contributed by atoms with Gasteiger partial charge in [0.15, 0.2) is 0 Å². The summed E-state index contributed by atoms with van der Waals surface area (Å²) in [6, 6.07) is 0. The molecule has 2 aliphatic rings. The van der Waals surface area contributed by atoms with Crippen molar-refractivity contribution in [1.82, 2.24) is 0 Å². The molecule has 0 saturated carbocycles. The van der Waals surface area contributed by atoms with E-state index < -0.39 is 0 Å². The van der Waals surface area contributed by atoms with Crippen LogP contribution in [0.2, 0.25) is 0 Å². The second-order valence-electron chi connectivity index (χ2n) is 4.54. The lowest BCUT2D eigenvalue weighted by Crippen LogP contribution is -2.28. The molecule has 0 amide bonds. The number of hydrogen-bond acceptors (Lipinski definition) is 3. The first kappa shape index (κ1) is 11.1. The van der Waals surface area contributed by atoms with Crippen LogP contribution in [0.25, 0.3) is 0 Å². The molecule has 1 saturated heterocycles. The zero-order valence-corrected chi connectivity index (χ0v) is 9.60. The van der Waals surface area contributed by atoms with E-state index in [4.69, 9.17) is 4.74 Å². The number of cyclic esters (lactones) is 2. The highest BCUT2D eigenvalue weighted by atomic mass is 16.6. The maximum atomic E-state index is 11.6. The summed E-state index contributed by atoms with van der Waals surface area (Å²) in [4.78, 5) is 23.0. The second-order valence-corrected chi connectivity index (χ2v) is 4.54. The van der Waals surface area contributed by atoms with Gasteiger partial charge in [0.05, 0.1) is 11.8 Å². The van der Waals surface area contributed by atoms with Gasteiger partial charge in [0, 0.05) is 0 Å². The quantitative estimate of drug-likeness (QED) is 0.407. The standard InChI is InChI=1S/C13H16O3/c1-3-8(2)7-9-5-4-6-10-11(9)13(15)16-12(10)14/h3-5,9-11H,6-7H2,1-2H3. The van der Waals surface area contributed by atoms with Crippen LogP contribution >= 0.6 is 0 Å². The van der Waals surface area contributed by atoms with Crippen LogP contribution in [-0.2, 0) is 14.3 Å². The molecule has 16 heavy (non-hydrogen) atoms. The van der Waals surface area contributed by atoms with Gasteiger partial charge in [0.2, 0.25) is 0 Å². The van der Waals surface area contributed by atoms with E-state index in [1.807, 2.05) is 32.1 Å². The van der Waals surface area contributed by atoms with E-state index in [0.29, 0.717) is 6.42 Å². The molecule has 0 radical (unpaired) electrons. The minimum absolute atomic E-state index is 0.119. The Labute approximate surface area is 95.2 Å². The minimum Gasteiger partial charge on any atom is -0.393 e. The molecule has 0 aromatic carbocycles. The SMILES string of the molecule is CC=C(C)CC1C=CCC2C(=O)OC(=O)C12. The van der Waals surface area contributed by atoms with Gasteiger partial charge < -0.3 is 4.74 Å². The summed E-state index contributed by atoms with van der Waals surface area (Å²) in [5.74, 6) is -1.07. The van der Waals surface area contributed by atoms with E-state index in [1.54, 1.807) is 0 Å². The molecule has 0 bridgehead atoms. The number of fused-ring (bicyclic) bond motifs is 1. The van der Waals surface area contributed by atoms with Crippen LogP contribution < -0.4 is 0 Å². The molecule has 1 fully saturated rings. The third kappa shape index (κ3) is 1.82. The summed E-state index contributed by atoms with van der Waals surface area (Å²) >= 11 is 0. The number of ether oxygens (including phenoxy) is 1. The molecule has 0 aromatic heterocycles. The second kappa shape index (κ2) is 4.24. The predicted molar refractivity (Wildman–Crippen MR) is 59.4 cm³/mol. The highest BCUT2D eigenvalue weighted by Gasteiger charge is 2.48. The Hall–Kier alpha value is -1.38. The normalized spacial score (nSPS) is 33.9. The molecule has 3 unspecified atom stereocenters. The van der Waals surface area contributed by atoms with Gasteiger partial charge >= 0.3 is 11.9 Å². The lowest BCUT2D eigenvalue weighted by atomic mass is 9.75. The van der Waals surface area contributed by atoms with E-state index in [2.05, 4.69) is 0 Å². The highest BCUT2D eigenvalue weighted by molar-refractivity contribution is 5.97. The molecule has 1 aliphatic heterocycles. The Morgan fingerprint density at radius 3 is 2.94 bits per heavy atom. The Kier molecular flexibility index (Phi) is 2.95. The van der Waals surface area contributed by atoms with Gasteiger partial charge in [-0.05, 0) is 32.6 Å². The molecule has 1 aliphatic carbocycles. The van der Waals surface area contributed by atoms with E-state index >= 15 is 0 Å². The van der Waals surface area contributed by atoms with Crippen molar-refractivity contribution in [2.75, 3.05) is 0 Å². The van der Waals surface area contributed by atoms with Gasteiger partial charge in [-0.3, -0.25) is 9.59 Å². The molecule has 1 heterocycles. The zero-order valence-electron chi connectivity index (χ0n) is 9.60. The van der Waals surface area contributed by atoms with Crippen molar-refractivity contribution in [3.05, 3.63) is 23.8 Å². The molecular weight excluding hydrogens is 204 g/mol. The van der Waals surface area contributed by atoms with Gasteiger partial charge in [-0.15, -0.1) is 0 Å². The van der Waals surface area contributed by atoms with E-state index in [-0.39, 0.29) is 29.7 Å². The summed E-state index contributed by atoms with van der Waals surface area (Å²) in [5.41, 5.74) is 1.24. The number of carbonyl (C=O) groups is 2. The van der Waals surface area contributed by atoms with E-state index in [0.717, 1.165) is 6.42 Å². The van der Waals surface area contributed by atoms with Crippen molar-refractivity contribution in [3.8, 4) is 0 Å². The highest BCUT2D eigenvalue weighted by Crippen LogP contribution is 2.39. The first-order valence-corrected chi connectivity index (χ1v) is 5.67. The summed E-state index contributed by atoms with van der Waals surface area (Å²) in [5, 5.41) is 0. The Morgan fingerprint density at radius 1 is 1.50 bits per heavy atom. The Balaban J connectivity index is 2.20. The number of allylic oxidation sites excluding steroid dienone is 4. The number of rotatable bonds is 2. The van der Waals surface area contributed by atoms with Crippen molar-refractivity contribution in [3.63, 3.8) is 0 Å². The van der Waals surface area contributed by atoms with E-state index in [1.165, 1.54) is 5.57 Å². The third-order valence-electron chi connectivity index (χ3n) is 3.49. The molecule has 0 N–H and O–H groups in total. The Morgan fingerprint density at radius 2 is 2.25 bits per heavy atom. The molecular formula is C13H16O3. The van der Waals surface area contributed by atoms with E-state index in [9.17, 15) is 9.59 Å². The first-order valence-electron chi connectivity index (χ1n) is 5.67. The van der Waals surface area contributed by atoms with Crippen LogP contribution in [0.5, 0.6) is 0 Å². The molecule has 3 atom stereocenters. The lowest BCUT2D eigenvalue weighted by Gasteiger charge is -2.24. The average Bonchev–Trinajstić information content (AvgIpc) is 2.56. The van der Waals surface area contributed by atoms with Crippen LogP contribution in [0.4, 0.5) is 0 Å².